The second kappa shape index (κ2) is 8.77. The van der Waals surface area contributed by atoms with Gasteiger partial charge in [0.15, 0.2) is 11.6 Å². The molecule has 6 heteroatoms. The van der Waals surface area contributed by atoms with Crippen molar-refractivity contribution >= 4 is 17.6 Å². The van der Waals surface area contributed by atoms with E-state index in [0.29, 0.717) is 5.56 Å². The van der Waals surface area contributed by atoms with Crippen molar-refractivity contribution in [3.63, 3.8) is 0 Å². The summed E-state index contributed by atoms with van der Waals surface area (Å²) in [6.45, 7) is 1.39. The first-order chi connectivity index (χ1) is 15.3. The van der Waals surface area contributed by atoms with Crippen LogP contribution in [0, 0.1) is 11.6 Å². The van der Waals surface area contributed by atoms with Gasteiger partial charge in [-0.15, -0.1) is 0 Å². The van der Waals surface area contributed by atoms with Crippen molar-refractivity contribution in [2.75, 3.05) is 0 Å². The summed E-state index contributed by atoms with van der Waals surface area (Å²) >= 11 is 0. The van der Waals surface area contributed by atoms with Gasteiger partial charge in [-0.05, 0) is 35.4 Å². The van der Waals surface area contributed by atoms with Gasteiger partial charge in [0.25, 0.3) is 0 Å². The van der Waals surface area contributed by atoms with Crippen LogP contribution in [0.2, 0.25) is 0 Å². The van der Waals surface area contributed by atoms with E-state index in [1.54, 1.807) is 12.1 Å². The Morgan fingerprint density at radius 3 is 2.50 bits per heavy atom. The summed E-state index contributed by atoms with van der Waals surface area (Å²) in [6.07, 6.45) is 2.94. The molecule has 0 amide bonds. The number of para-hydroxylation sites is 1. The molecule has 1 aliphatic rings. The molecule has 32 heavy (non-hydrogen) atoms. The SMILES string of the molecule is CC1(O)OC(=O)C(/C=C/c2cccc(F)c2)=C1c1cccc(F)c1OCc1ccccc1. The Labute approximate surface area is 184 Å². The highest BCUT2D eigenvalue weighted by molar-refractivity contribution is 6.07. The zero-order chi connectivity index (χ0) is 22.7. The Morgan fingerprint density at radius 1 is 1.00 bits per heavy atom. The number of rotatable bonds is 6. The van der Waals surface area contributed by atoms with Crippen LogP contribution in [-0.4, -0.2) is 16.9 Å². The van der Waals surface area contributed by atoms with E-state index < -0.39 is 23.4 Å². The van der Waals surface area contributed by atoms with E-state index in [4.69, 9.17) is 9.47 Å². The predicted molar refractivity (Wildman–Crippen MR) is 116 cm³/mol. The molecule has 0 spiro atoms. The average molecular weight is 434 g/mol. The van der Waals surface area contributed by atoms with E-state index in [2.05, 4.69) is 0 Å². The highest BCUT2D eigenvalue weighted by Gasteiger charge is 2.43. The molecule has 1 unspecified atom stereocenters. The van der Waals surface area contributed by atoms with Crippen molar-refractivity contribution in [1.82, 2.24) is 0 Å². The lowest BCUT2D eigenvalue weighted by molar-refractivity contribution is -0.170. The molecule has 1 atom stereocenters. The first kappa shape index (κ1) is 21.5. The van der Waals surface area contributed by atoms with Crippen molar-refractivity contribution in [3.05, 3.63) is 113 Å². The van der Waals surface area contributed by atoms with Crippen LogP contribution in [0.3, 0.4) is 0 Å². The monoisotopic (exact) mass is 434 g/mol. The van der Waals surface area contributed by atoms with Crippen LogP contribution < -0.4 is 4.74 Å². The summed E-state index contributed by atoms with van der Waals surface area (Å²) in [5.41, 5.74) is 1.62. The Bertz CT molecular complexity index is 1210. The second-order valence-electron chi connectivity index (χ2n) is 7.44. The van der Waals surface area contributed by atoms with Crippen LogP contribution >= 0.6 is 0 Å². The van der Waals surface area contributed by atoms with Gasteiger partial charge in [0.2, 0.25) is 5.79 Å². The highest BCUT2D eigenvalue weighted by Crippen LogP contribution is 2.43. The maximum absolute atomic E-state index is 14.8. The summed E-state index contributed by atoms with van der Waals surface area (Å²) in [5, 5.41) is 10.8. The topological polar surface area (TPSA) is 55.8 Å². The van der Waals surface area contributed by atoms with Crippen molar-refractivity contribution in [1.29, 1.82) is 0 Å². The van der Waals surface area contributed by atoms with E-state index >= 15 is 0 Å². The fraction of sp³-hybridized carbons (Fsp3) is 0.115. The molecule has 0 saturated carbocycles. The fourth-order valence-electron chi connectivity index (χ4n) is 3.56. The summed E-state index contributed by atoms with van der Waals surface area (Å²) in [6, 6.07) is 19.3. The molecule has 0 fully saturated rings. The minimum Gasteiger partial charge on any atom is -0.485 e. The van der Waals surface area contributed by atoms with Crippen LogP contribution in [0.15, 0.2) is 84.4 Å². The summed E-state index contributed by atoms with van der Waals surface area (Å²) in [7, 11) is 0. The first-order valence-corrected chi connectivity index (χ1v) is 9.95. The molecule has 0 aliphatic carbocycles. The van der Waals surface area contributed by atoms with Crippen molar-refractivity contribution in [3.8, 4) is 5.75 Å². The number of ether oxygens (including phenoxy) is 2. The average Bonchev–Trinajstić information content (AvgIpc) is 2.99. The molecular formula is C26H20F2O4. The van der Waals surface area contributed by atoms with Gasteiger partial charge in [-0.2, -0.15) is 0 Å². The summed E-state index contributed by atoms with van der Waals surface area (Å²) in [4.78, 5) is 12.5. The molecule has 0 aromatic heterocycles. The third-order valence-electron chi connectivity index (χ3n) is 5.00. The minimum absolute atomic E-state index is 0.0226. The van der Waals surface area contributed by atoms with Gasteiger partial charge in [0, 0.05) is 18.1 Å². The van der Waals surface area contributed by atoms with E-state index in [1.165, 1.54) is 49.4 Å². The molecule has 1 N–H and O–H groups in total. The van der Waals surface area contributed by atoms with Crippen molar-refractivity contribution < 1.29 is 28.2 Å². The van der Waals surface area contributed by atoms with Crippen LogP contribution in [0.5, 0.6) is 5.75 Å². The molecule has 0 saturated heterocycles. The number of cyclic esters (lactones) is 1. The fourth-order valence-corrected chi connectivity index (χ4v) is 3.56. The lowest BCUT2D eigenvalue weighted by Crippen LogP contribution is -2.26. The van der Waals surface area contributed by atoms with E-state index in [9.17, 15) is 18.7 Å². The lowest BCUT2D eigenvalue weighted by Gasteiger charge is -2.22. The predicted octanol–water partition coefficient (Wildman–Crippen LogP) is 5.28. The van der Waals surface area contributed by atoms with Gasteiger partial charge in [0.05, 0.1) is 5.57 Å². The normalized spacial score (nSPS) is 18.3. The highest BCUT2D eigenvalue weighted by atomic mass is 19.1. The molecule has 1 heterocycles. The second-order valence-corrected chi connectivity index (χ2v) is 7.44. The molecule has 0 bridgehead atoms. The zero-order valence-electron chi connectivity index (χ0n) is 17.2. The van der Waals surface area contributed by atoms with Crippen LogP contribution in [-0.2, 0) is 16.1 Å². The molecule has 4 rings (SSSR count). The van der Waals surface area contributed by atoms with Crippen molar-refractivity contribution in [2.45, 2.75) is 19.3 Å². The number of halogens is 2. The van der Waals surface area contributed by atoms with Gasteiger partial charge in [-0.25, -0.2) is 13.6 Å². The Balaban J connectivity index is 1.78. The Morgan fingerprint density at radius 2 is 1.75 bits per heavy atom. The Kier molecular flexibility index (Phi) is 5.88. The zero-order valence-corrected chi connectivity index (χ0v) is 17.2. The van der Waals surface area contributed by atoms with Gasteiger partial charge >= 0.3 is 5.97 Å². The minimum atomic E-state index is -2.00. The van der Waals surface area contributed by atoms with E-state index in [0.717, 1.165) is 5.56 Å². The number of benzene rings is 3. The third-order valence-corrected chi connectivity index (χ3v) is 5.00. The van der Waals surface area contributed by atoms with E-state index in [1.807, 2.05) is 30.3 Å². The Hall–Kier alpha value is -3.77. The maximum Gasteiger partial charge on any atom is 0.341 e. The van der Waals surface area contributed by atoms with Gasteiger partial charge in [0.1, 0.15) is 12.4 Å². The number of esters is 1. The number of aliphatic hydroxyl groups is 1. The quantitative estimate of drug-likeness (QED) is 0.537. The summed E-state index contributed by atoms with van der Waals surface area (Å²) in [5.74, 6) is -3.96. The largest absolute Gasteiger partial charge is 0.485 e. The lowest BCUT2D eigenvalue weighted by atomic mass is 9.94. The molecule has 3 aromatic rings. The number of hydrogen-bond donors (Lipinski definition) is 1. The number of carbonyl (C=O) groups excluding carboxylic acids is 1. The number of carbonyl (C=O) groups is 1. The van der Waals surface area contributed by atoms with E-state index in [-0.39, 0.29) is 29.1 Å². The summed E-state index contributed by atoms with van der Waals surface area (Å²) < 4.78 is 39.2. The first-order valence-electron chi connectivity index (χ1n) is 9.95. The van der Waals surface area contributed by atoms with Gasteiger partial charge < -0.3 is 14.6 Å². The van der Waals surface area contributed by atoms with Gasteiger partial charge in [-0.1, -0.05) is 60.7 Å². The molecule has 4 nitrogen and oxygen atoms in total. The molecule has 3 aromatic carbocycles. The molecule has 0 radical (unpaired) electrons. The van der Waals surface area contributed by atoms with Crippen molar-refractivity contribution in [2.24, 2.45) is 0 Å². The van der Waals surface area contributed by atoms with Crippen LogP contribution in [0.1, 0.15) is 23.6 Å². The standard InChI is InChI=1S/C26H20F2O4/c1-26(30)23(21(25(29)32-26)14-13-17-9-5-10-19(27)15-17)20-11-6-12-22(28)24(20)31-16-18-7-3-2-4-8-18/h2-15,30H,16H2,1H3/b14-13+. The smallest absolute Gasteiger partial charge is 0.341 e. The third kappa shape index (κ3) is 4.45. The van der Waals surface area contributed by atoms with Gasteiger partial charge in [-0.3, -0.25) is 0 Å². The van der Waals surface area contributed by atoms with Crippen LogP contribution in [0.25, 0.3) is 11.6 Å². The molecule has 162 valence electrons. The molecule has 1 aliphatic heterocycles. The molecular weight excluding hydrogens is 414 g/mol. The maximum atomic E-state index is 14.8. The number of hydrogen-bond acceptors (Lipinski definition) is 4. The van der Waals surface area contributed by atoms with Crippen LogP contribution in [0.4, 0.5) is 8.78 Å².